The SMILES string of the molecule is COc1ccc(COCc2cccc(NC(=O)c3ccc[nH]3)c2)cc1. The number of aromatic nitrogens is 1. The van der Waals surface area contributed by atoms with E-state index in [2.05, 4.69) is 10.3 Å². The van der Waals surface area contributed by atoms with Gasteiger partial charge in [0.05, 0.1) is 20.3 Å². The largest absolute Gasteiger partial charge is 0.497 e. The summed E-state index contributed by atoms with van der Waals surface area (Å²) in [6, 6.07) is 18.9. The molecule has 0 radical (unpaired) electrons. The molecule has 3 rings (SSSR count). The fraction of sp³-hybridized carbons (Fsp3) is 0.150. The fourth-order valence-electron chi connectivity index (χ4n) is 2.42. The van der Waals surface area contributed by atoms with Crippen molar-refractivity contribution in [2.24, 2.45) is 0 Å². The zero-order valence-electron chi connectivity index (χ0n) is 14.0. The summed E-state index contributed by atoms with van der Waals surface area (Å²) < 4.78 is 10.9. The number of ether oxygens (including phenoxy) is 2. The van der Waals surface area contributed by atoms with Gasteiger partial charge in [-0.15, -0.1) is 0 Å². The molecule has 0 aliphatic carbocycles. The zero-order valence-corrected chi connectivity index (χ0v) is 14.0. The first-order valence-electron chi connectivity index (χ1n) is 7.99. The number of hydrogen-bond acceptors (Lipinski definition) is 3. The Kier molecular flexibility index (Phi) is 5.49. The van der Waals surface area contributed by atoms with Gasteiger partial charge in [0.1, 0.15) is 11.4 Å². The number of methoxy groups -OCH3 is 1. The average molecular weight is 336 g/mol. The van der Waals surface area contributed by atoms with Crippen molar-refractivity contribution in [1.82, 2.24) is 4.98 Å². The molecule has 2 N–H and O–H groups in total. The molecule has 25 heavy (non-hydrogen) atoms. The van der Waals surface area contributed by atoms with Crippen molar-refractivity contribution in [3.05, 3.63) is 83.7 Å². The topological polar surface area (TPSA) is 63.4 Å². The molecule has 2 aromatic carbocycles. The Hall–Kier alpha value is -3.05. The summed E-state index contributed by atoms with van der Waals surface area (Å²) in [6.07, 6.45) is 1.72. The van der Waals surface area contributed by atoms with E-state index in [1.165, 1.54) is 0 Å². The summed E-state index contributed by atoms with van der Waals surface area (Å²) in [5.41, 5.74) is 3.35. The van der Waals surface area contributed by atoms with Crippen LogP contribution in [0.2, 0.25) is 0 Å². The molecule has 3 aromatic rings. The molecule has 0 fully saturated rings. The molecular formula is C20H20N2O3. The van der Waals surface area contributed by atoms with Crippen LogP contribution in [0.25, 0.3) is 0 Å². The van der Waals surface area contributed by atoms with Crippen LogP contribution >= 0.6 is 0 Å². The average Bonchev–Trinajstić information content (AvgIpc) is 3.17. The van der Waals surface area contributed by atoms with Gasteiger partial charge < -0.3 is 19.8 Å². The maximum Gasteiger partial charge on any atom is 0.272 e. The molecule has 1 amide bonds. The molecule has 0 unspecified atom stereocenters. The maximum atomic E-state index is 12.1. The highest BCUT2D eigenvalue weighted by atomic mass is 16.5. The molecule has 0 atom stereocenters. The Bertz CT molecular complexity index is 811. The van der Waals surface area contributed by atoms with E-state index in [4.69, 9.17) is 9.47 Å². The molecular weight excluding hydrogens is 316 g/mol. The van der Waals surface area contributed by atoms with Gasteiger partial charge in [-0.1, -0.05) is 24.3 Å². The minimum atomic E-state index is -0.165. The lowest BCUT2D eigenvalue weighted by molar-refractivity contribution is 0.102. The van der Waals surface area contributed by atoms with Crippen molar-refractivity contribution in [2.75, 3.05) is 12.4 Å². The fourth-order valence-corrected chi connectivity index (χ4v) is 2.42. The van der Waals surface area contributed by atoms with Gasteiger partial charge in [0, 0.05) is 11.9 Å². The van der Waals surface area contributed by atoms with Gasteiger partial charge in [-0.25, -0.2) is 0 Å². The number of carbonyl (C=O) groups excluding carboxylic acids is 1. The van der Waals surface area contributed by atoms with Gasteiger partial charge in [-0.05, 0) is 47.5 Å². The van der Waals surface area contributed by atoms with E-state index >= 15 is 0 Å². The predicted molar refractivity (Wildman–Crippen MR) is 96.7 cm³/mol. The number of amides is 1. The normalized spacial score (nSPS) is 10.4. The van der Waals surface area contributed by atoms with Crippen molar-refractivity contribution >= 4 is 11.6 Å². The monoisotopic (exact) mass is 336 g/mol. The molecule has 0 bridgehead atoms. The number of nitrogens with one attached hydrogen (secondary N) is 2. The maximum absolute atomic E-state index is 12.1. The highest BCUT2D eigenvalue weighted by Crippen LogP contribution is 2.15. The minimum absolute atomic E-state index is 0.165. The van der Waals surface area contributed by atoms with Crippen molar-refractivity contribution in [1.29, 1.82) is 0 Å². The highest BCUT2D eigenvalue weighted by molar-refractivity contribution is 6.02. The Labute approximate surface area is 146 Å². The molecule has 0 aliphatic heterocycles. The highest BCUT2D eigenvalue weighted by Gasteiger charge is 2.06. The van der Waals surface area contributed by atoms with Crippen LogP contribution in [0, 0.1) is 0 Å². The van der Waals surface area contributed by atoms with E-state index in [-0.39, 0.29) is 5.91 Å². The molecule has 1 aromatic heterocycles. The Morgan fingerprint density at radius 3 is 2.52 bits per heavy atom. The standard InChI is InChI=1S/C20H20N2O3/c1-24-18-9-7-15(8-10-18)13-25-14-16-4-2-5-17(12-16)22-20(23)19-6-3-11-21-19/h2-12,21H,13-14H2,1H3,(H,22,23). The van der Waals surface area contributed by atoms with E-state index in [1.807, 2.05) is 48.5 Å². The van der Waals surface area contributed by atoms with Crippen LogP contribution in [0.3, 0.4) is 0 Å². The third kappa shape index (κ3) is 4.71. The van der Waals surface area contributed by atoms with Gasteiger partial charge in [0.15, 0.2) is 0 Å². The van der Waals surface area contributed by atoms with Crippen molar-refractivity contribution in [3.8, 4) is 5.75 Å². The number of rotatable bonds is 7. The first kappa shape index (κ1) is 16.8. The lowest BCUT2D eigenvalue weighted by atomic mass is 10.2. The quantitative estimate of drug-likeness (QED) is 0.686. The summed E-state index contributed by atoms with van der Waals surface area (Å²) in [7, 11) is 1.65. The van der Waals surface area contributed by atoms with Crippen LogP contribution in [-0.2, 0) is 18.0 Å². The number of anilines is 1. The second-order valence-electron chi connectivity index (χ2n) is 5.58. The molecule has 0 spiro atoms. The van der Waals surface area contributed by atoms with Crippen LogP contribution in [0.15, 0.2) is 66.9 Å². The van der Waals surface area contributed by atoms with Crippen molar-refractivity contribution < 1.29 is 14.3 Å². The summed E-state index contributed by atoms with van der Waals surface area (Å²) in [5, 5.41) is 2.87. The first-order valence-corrected chi connectivity index (χ1v) is 7.99. The van der Waals surface area contributed by atoms with Gasteiger partial charge in [-0.2, -0.15) is 0 Å². The zero-order chi connectivity index (χ0) is 17.5. The molecule has 0 saturated carbocycles. The second kappa shape index (κ2) is 8.17. The van der Waals surface area contributed by atoms with Crippen molar-refractivity contribution in [2.45, 2.75) is 13.2 Å². The number of H-pyrrole nitrogens is 1. The first-order chi connectivity index (χ1) is 12.2. The third-order valence-electron chi connectivity index (χ3n) is 3.72. The molecule has 5 heteroatoms. The lowest BCUT2D eigenvalue weighted by Gasteiger charge is -2.08. The second-order valence-corrected chi connectivity index (χ2v) is 5.58. The summed E-state index contributed by atoms with van der Waals surface area (Å²) >= 11 is 0. The van der Waals surface area contributed by atoms with Gasteiger partial charge in [0.25, 0.3) is 5.91 Å². The van der Waals surface area contributed by atoms with E-state index in [1.54, 1.807) is 25.4 Å². The number of benzene rings is 2. The number of aromatic amines is 1. The summed E-state index contributed by atoms with van der Waals surface area (Å²) in [4.78, 5) is 14.9. The molecule has 0 saturated heterocycles. The van der Waals surface area contributed by atoms with Crippen LogP contribution < -0.4 is 10.1 Å². The van der Waals surface area contributed by atoms with Gasteiger partial charge >= 0.3 is 0 Å². The van der Waals surface area contributed by atoms with Gasteiger partial charge in [0.2, 0.25) is 0 Å². The smallest absolute Gasteiger partial charge is 0.272 e. The molecule has 0 aliphatic rings. The molecule has 5 nitrogen and oxygen atoms in total. The van der Waals surface area contributed by atoms with E-state index in [0.717, 1.165) is 22.6 Å². The Morgan fingerprint density at radius 2 is 1.80 bits per heavy atom. The number of hydrogen-bond donors (Lipinski definition) is 2. The van der Waals surface area contributed by atoms with Crippen LogP contribution in [0.5, 0.6) is 5.75 Å². The summed E-state index contributed by atoms with van der Waals surface area (Å²) in [5.74, 6) is 0.663. The van der Waals surface area contributed by atoms with E-state index in [0.29, 0.717) is 18.9 Å². The minimum Gasteiger partial charge on any atom is -0.497 e. The Balaban J connectivity index is 1.53. The van der Waals surface area contributed by atoms with Crippen LogP contribution in [0.1, 0.15) is 21.6 Å². The third-order valence-corrected chi connectivity index (χ3v) is 3.72. The van der Waals surface area contributed by atoms with Crippen LogP contribution in [-0.4, -0.2) is 18.0 Å². The van der Waals surface area contributed by atoms with E-state index in [9.17, 15) is 4.79 Å². The lowest BCUT2D eigenvalue weighted by Crippen LogP contribution is -2.12. The Morgan fingerprint density at radius 1 is 1.00 bits per heavy atom. The van der Waals surface area contributed by atoms with Crippen molar-refractivity contribution in [3.63, 3.8) is 0 Å². The van der Waals surface area contributed by atoms with E-state index < -0.39 is 0 Å². The molecule has 1 heterocycles. The summed E-state index contributed by atoms with van der Waals surface area (Å²) in [6.45, 7) is 0.987. The molecule has 128 valence electrons. The van der Waals surface area contributed by atoms with Crippen LogP contribution in [0.4, 0.5) is 5.69 Å². The van der Waals surface area contributed by atoms with Gasteiger partial charge in [-0.3, -0.25) is 4.79 Å². The number of carbonyl (C=O) groups is 1. The predicted octanol–water partition coefficient (Wildman–Crippen LogP) is 3.99.